The first-order valence-corrected chi connectivity index (χ1v) is 14.1. The van der Waals surface area contributed by atoms with E-state index in [2.05, 4.69) is 69.7 Å². The second-order valence-electron chi connectivity index (χ2n) is 12.8. The van der Waals surface area contributed by atoms with E-state index < -0.39 is 0 Å². The van der Waals surface area contributed by atoms with Crippen LogP contribution in [0.3, 0.4) is 0 Å². The molecule has 4 nitrogen and oxygen atoms in total. The van der Waals surface area contributed by atoms with E-state index in [1.54, 1.807) is 0 Å². The van der Waals surface area contributed by atoms with Gasteiger partial charge in [0.25, 0.3) is 0 Å². The minimum absolute atomic E-state index is 0.0548. The van der Waals surface area contributed by atoms with Gasteiger partial charge in [-0.3, -0.25) is 9.59 Å². The van der Waals surface area contributed by atoms with Gasteiger partial charge >= 0.3 is 0 Å². The Morgan fingerprint density at radius 3 is 1.29 bits per heavy atom. The molecule has 0 aliphatic carbocycles. The Balaban J connectivity index is 1.65. The molecule has 5 rings (SSSR count). The number of aromatic nitrogens is 2. The van der Waals surface area contributed by atoms with Gasteiger partial charge in [0.2, 0.25) is 11.6 Å². The van der Waals surface area contributed by atoms with E-state index in [9.17, 15) is 9.59 Å². The second-order valence-corrected chi connectivity index (χ2v) is 12.8. The Morgan fingerprint density at radius 2 is 0.927 bits per heavy atom. The highest BCUT2D eigenvalue weighted by atomic mass is 16.1. The monoisotopic (exact) mass is 542 g/mol. The van der Waals surface area contributed by atoms with Crippen molar-refractivity contribution in [2.24, 2.45) is 0 Å². The summed E-state index contributed by atoms with van der Waals surface area (Å²) in [6, 6.07) is 33.1. The van der Waals surface area contributed by atoms with Crippen molar-refractivity contribution in [3.63, 3.8) is 0 Å². The topological polar surface area (TPSA) is 65.7 Å². The number of carbonyl (C=O) groups is 2. The van der Waals surface area contributed by atoms with Crippen LogP contribution in [0.4, 0.5) is 0 Å². The van der Waals surface area contributed by atoms with Crippen LogP contribution in [0.1, 0.15) is 108 Å². The molecule has 4 heteroatoms. The maximum atomic E-state index is 13.3. The molecule has 0 amide bonds. The van der Waals surface area contributed by atoms with E-state index in [0.29, 0.717) is 22.5 Å². The summed E-state index contributed by atoms with van der Waals surface area (Å²) in [5.74, 6) is -0.352. The Labute approximate surface area is 242 Å². The lowest BCUT2D eigenvalue weighted by molar-refractivity contribution is 0.102. The van der Waals surface area contributed by atoms with Crippen LogP contribution >= 0.6 is 0 Å². The number of benzene rings is 3. The zero-order valence-electron chi connectivity index (χ0n) is 24.7. The molecule has 0 radical (unpaired) electrons. The Bertz CT molecular complexity index is 1550. The standard InChI is InChI=1S/C37H38N2O2/c1-36(2,3)27-21-26(22-28(23-27)37(4,5)6)33(29-17-19-31(38-29)34(40)24-13-9-7-10-14-24)30-18-20-32(39-30)35(41)25-15-11-8-12-16-25/h7-23,33,38-39H,1-6H3. The molecule has 0 unspecified atom stereocenters. The fraction of sp³-hybridized carbons (Fsp3) is 0.243. The Morgan fingerprint density at radius 1 is 0.537 bits per heavy atom. The quantitative estimate of drug-likeness (QED) is 0.202. The van der Waals surface area contributed by atoms with Gasteiger partial charge in [0, 0.05) is 22.5 Å². The molecule has 0 saturated heterocycles. The molecule has 3 aromatic carbocycles. The molecule has 41 heavy (non-hydrogen) atoms. The van der Waals surface area contributed by atoms with Crippen molar-refractivity contribution in [2.45, 2.75) is 58.3 Å². The maximum Gasteiger partial charge on any atom is 0.209 e. The summed E-state index contributed by atoms with van der Waals surface area (Å²) in [7, 11) is 0. The summed E-state index contributed by atoms with van der Waals surface area (Å²) in [5, 5.41) is 0. The van der Waals surface area contributed by atoms with Crippen LogP contribution < -0.4 is 0 Å². The molecular weight excluding hydrogens is 504 g/mol. The Hall–Kier alpha value is -4.44. The predicted molar refractivity (Wildman–Crippen MR) is 166 cm³/mol. The van der Waals surface area contributed by atoms with Crippen molar-refractivity contribution in [2.75, 3.05) is 0 Å². The van der Waals surface area contributed by atoms with Crippen LogP contribution in [0.2, 0.25) is 0 Å². The maximum absolute atomic E-state index is 13.3. The number of rotatable bonds is 7. The molecule has 208 valence electrons. The van der Waals surface area contributed by atoms with Gasteiger partial charge in [-0.1, -0.05) is 120 Å². The van der Waals surface area contributed by atoms with E-state index in [-0.39, 0.29) is 28.3 Å². The van der Waals surface area contributed by atoms with Gasteiger partial charge in [0.15, 0.2) is 0 Å². The Kier molecular flexibility index (Phi) is 7.44. The SMILES string of the molecule is CC(C)(C)c1cc(C(c2ccc(C(=O)c3ccccc3)[nH]2)c2ccc(C(=O)c3ccccc3)[nH]2)cc(C(C)(C)C)c1. The van der Waals surface area contributed by atoms with Gasteiger partial charge in [0.1, 0.15) is 0 Å². The summed E-state index contributed by atoms with van der Waals surface area (Å²) in [6.07, 6.45) is 0. The molecule has 0 spiro atoms. The molecule has 0 aliphatic heterocycles. The third-order valence-corrected chi connectivity index (χ3v) is 7.62. The van der Waals surface area contributed by atoms with Crippen molar-refractivity contribution in [3.05, 3.63) is 154 Å². The molecule has 2 N–H and O–H groups in total. The summed E-state index contributed by atoms with van der Waals surface area (Å²) in [4.78, 5) is 33.5. The molecule has 0 fully saturated rings. The van der Waals surface area contributed by atoms with Crippen LogP contribution in [0.25, 0.3) is 0 Å². The van der Waals surface area contributed by atoms with E-state index in [1.165, 1.54) is 11.1 Å². The predicted octanol–water partition coefficient (Wildman–Crippen LogP) is 8.58. The lowest BCUT2D eigenvalue weighted by Crippen LogP contribution is -2.18. The number of ketones is 2. The van der Waals surface area contributed by atoms with Crippen molar-refractivity contribution in [3.8, 4) is 0 Å². The van der Waals surface area contributed by atoms with Crippen LogP contribution in [0.5, 0.6) is 0 Å². The summed E-state index contributed by atoms with van der Waals surface area (Å²) in [6.45, 7) is 13.4. The van der Waals surface area contributed by atoms with Gasteiger partial charge in [-0.25, -0.2) is 0 Å². The van der Waals surface area contributed by atoms with Crippen LogP contribution in [0.15, 0.2) is 103 Å². The minimum Gasteiger partial charge on any atom is -0.355 e. The molecular formula is C37H38N2O2. The number of hydrogen-bond donors (Lipinski definition) is 2. The second kappa shape index (κ2) is 10.9. The number of nitrogens with one attached hydrogen (secondary N) is 2. The molecule has 0 bridgehead atoms. The zero-order valence-corrected chi connectivity index (χ0v) is 24.7. The summed E-state index contributed by atoms with van der Waals surface area (Å²) in [5.41, 5.74) is 7.57. The van der Waals surface area contributed by atoms with Crippen LogP contribution in [0, 0.1) is 0 Å². The first-order chi connectivity index (χ1) is 19.4. The number of aromatic amines is 2. The largest absolute Gasteiger partial charge is 0.355 e. The van der Waals surface area contributed by atoms with Gasteiger partial charge < -0.3 is 9.97 Å². The molecule has 0 atom stereocenters. The van der Waals surface area contributed by atoms with E-state index in [1.807, 2.05) is 84.9 Å². The first kappa shape index (κ1) is 28.1. The average Bonchev–Trinajstić information content (AvgIpc) is 3.63. The van der Waals surface area contributed by atoms with E-state index >= 15 is 0 Å². The molecule has 0 aliphatic rings. The number of hydrogen-bond acceptors (Lipinski definition) is 2. The highest BCUT2D eigenvalue weighted by Gasteiger charge is 2.27. The van der Waals surface area contributed by atoms with Crippen LogP contribution in [-0.2, 0) is 10.8 Å². The van der Waals surface area contributed by atoms with Gasteiger partial charge in [-0.15, -0.1) is 0 Å². The van der Waals surface area contributed by atoms with E-state index in [0.717, 1.165) is 17.0 Å². The van der Waals surface area contributed by atoms with Gasteiger partial charge in [-0.05, 0) is 51.8 Å². The number of carbonyl (C=O) groups excluding carboxylic acids is 2. The highest BCUT2D eigenvalue weighted by molar-refractivity contribution is 6.08. The van der Waals surface area contributed by atoms with E-state index in [4.69, 9.17) is 0 Å². The highest BCUT2D eigenvalue weighted by Crippen LogP contribution is 2.37. The molecule has 2 aromatic heterocycles. The first-order valence-electron chi connectivity index (χ1n) is 14.1. The summed E-state index contributed by atoms with van der Waals surface area (Å²) >= 11 is 0. The van der Waals surface area contributed by atoms with Crippen molar-refractivity contribution in [1.82, 2.24) is 9.97 Å². The summed E-state index contributed by atoms with van der Waals surface area (Å²) < 4.78 is 0. The third kappa shape index (κ3) is 6.02. The van der Waals surface area contributed by atoms with Crippen molar-refractivity contribution in [1.29, 1.82) is 0 Å². The zero-order chi connectivity index (χ0) is 29.4. The number of H-pyrrole nitrogens is 2. The average molecular weight is 543 g/mol. The van der Waals surface area contributed by atoms with Crippen molar-refractivity contribution < 1.29 is 9.59 Å². The fourth-order valence-corrected chi connectivity index (χ4v) is 5.13. The lowest BCUT2D eigenvalue weighted by atomic mass is 9.77. The fourth-order valence-electron chi connectivity index (χ4n) is 5.13. The van der Waals surface area contributed by atoms with Crippen molar-refractivity contribution >= 4 is 11.6 Å². The molecule has 2 heterocycles. The molecule has 5 aromatic rings. The minimum atomic E-state index is -0.243. The molecule has 0 saturated carbocycles. The lowest BCUT2D eigenvalue weighted by Gasteiger charge is -2.28. The smallest absolute Gasteiger partial charge is 0.209 e. The normalized spacial score (nSPS) is 12.1. The third-order valence-electron chi connectivity index (χ3n) is 7.62. The van der Waals surface area contributed by atoms with Crippen LogP contribution in [-0.4, -0.2) is 21.5 Å². The van der Waals surface area contributed by atoms with Gasteiger partial charge in [0.05, 0.1) is 17.3 Å². The van der Waals surface area contributed by atoms with Gasteiger partial charge in [-0.2, -0.15) is 0 Å².